The van der Waals surface area contributed by atoms with Gasteiger partial charge in [-0.2, -0.15) is 18.2 Å². The van der Waals surface area contributed by atoms with Crippen molar-refractivity contribution < 1.29 is 13.2 Å². The molecule has 112 valence electrons. The SMILES string of the molecule is CNc1nc(NCCc2ccccn2)cc(C(F)(F)F)n1. The highest BCUT2D eigenvalue weighted by Crippen LogP contribution is 2.29. The third kappa shape index (κ3) is 4.30. The first-order valence-electron chi connectivity index (χ1n) is 6.27. The first-order valence-corrected chi connectivity index (χ1v) is 6.27. The molecule has 2 aromatic rings. The van der Waals surface area contributed by atoms with Gasteiger partial charge in [0.2, 0.25) is 5.95 Å². The van der Waals surface area contributed by atoms with E-state index >= 15 is 0 Å². The van der Waals surface area contributed by atoms with Gasteiger partial charge in [-0.25, -0.2) is 4.98 Å². The molecule has 0 unspecified atom stereocenters. The summed E-state index contributed by atoms with van der Waals surface area (Å²) in [5, 5.41) is 5.36. The highest BCUT2D eigenvalue weighted by Gasteiger charge is 2.33. The number of nitrogens with one attached hydrogen (secondary N) is 2. The van der Waals surface area contributed by atoms with Crippen LogP contribution in [-0.4, -0.2) is 28.5 Å². The molecule has 0 aliphatic carbocycles. The van der Waals surface area contributed by atoms with E-state index in [1.54, 1.807) is 12.3 Å². The summed E-state index contributed by atoms with van der Waals surface area (Å²) in [4.78, 5) is 11.5. The molecule has 21 heavy (non-hydrogen) atoms. The topological polar surface area (TPSA) is 62.7 Å². The molecular weight excluding hydrogens is 283 g/mol. The summed E-state index contributed by atoms with van der Waals surface area (Å²) in [7, 11) is 1.47. The Morgan fingerprint density at radius 2 is 2.00 bits per heavy atom. The second-order valence-electron chi connectivity index (χ2n) is 4.21. The Hall–Kier alpha value is -2.38. The summed E-state index contributed by atoms with van der Waals surface area (Å²) >= 11 is 0. The van der Waals surface area contributed by atoms with Gasteiger partial charge in [-0.15, -0.1) is 0 Å². The molecule has 5 nitrogen and oxygen atoms in total. The normalized spacial score (nSPS) is 11.2. The number of aromatic nitrogens is 3. The summed E-state index contributed by atoms with van der Waals surface area (Å²) in [6.45, 7) is 0.425. The lowest BCUT2D eigenvalue weighted by molar-refractivity contribution is -0.141. The zero-order valence-corrected chi connectivity index (χ0v) is 11.3. The van der Waals surface area contributed by atoms with Gasteiger partial charge in [-0.3, -0.25) is 4.98 Å². The highest BCUT2D eigenvalue weighted by molar-refractivity contribution is 5.42. The van der Waals surface area contributed by atoms with Crippen molar-refractivity contribution in [3.63, 3.8) is 0 Å². The largest absolute Gasteiger partial charge is 0.433 e. The lowest BCUT2D eigenvalue weighted by Gasteiger charge is -2.11. The standard InChI is InChI=1S/C13H14F3N5/c1-17-12-20-10(13(14,15)16)8-11(21-12)19-7-5-9-4-2-3-6-18-9/h2-4,6,8H,5,7H2,1H3,(H2,17,19,20,21). The van der Waals surface area contributed by atoms with E-state index in [9.17, 15) is 13.2 Å². The monoisotopic (exact) mass is 297 g/mol. The molecule has 0 atom stereocenters. The van der Waals surface area contributed by atoms with E-state index < -0.39 is 11.9 Å². The summed E-state index contributed by atoms with van der Waals surface area (Å²) in [5.41, 5.74) is -0.133. The first kappa shape index (κ1) is 15.0. The molecule has 0 fully saturated rings. The Kier molecular flexibility index (Phi) is 4.56. The quantitative estimate of drug-likeness (QED) is 0.888. The predicted molar refractivity (Wildman–Crippen MR) is 73.0 cm³/mol. The molecule has 0 spiro atoms. The Morgan fingerprint density at radius 1 is 1.19 bits per heavy atom. The number of hydrogen-bond donors (Lipinski definition) is 2. The van der Waals surface area contributed by atoms with Crippen LogP contribution in [0.25, 0.3) is 0 Å². The predicted octanol–water partition coefficient (Wildman–Crippen LogP) is 2.59. The zero-order chi connectivity index (χ0) is 15.3. The van der Waals surface area contributed by atoms with Crippen molar-refractivity contribution >= 4 is 11.8 Å². The molecule has 0 aromatic carbocycles. The summed E-state index contributed by atoms with van der Waals surface area (Å²) in [6.07, 6.45) is -2.26. The Balaban J connectivity index is 2.05. The highest BCUT2D eigenvalue weighted by atomic mass is 19.4. The number of rotatable bonds is 5. The average Bonchev–Trinajstić information content (AvgIpc) is 2.47. The van der Waals surface area contributed by atoms with Crippen molar-refractivity contribution in [2.75, 3.05) is 24.2 Å². The number of anilines is 2. The van der Waals surface area contributed by atoms with E-state index in [-0.39, 0.29) is 11.8 Å². The third-order valence-corrected chi connectivity index (χ3v) is 2.65. The lowest BCUT2D eigenvalue weighted by atomic mass is 10.2. The maximum absolute atomic E-state index is 12.7. The van der Waals surface area contributed by atoms with E-state index in [1.165, 1.54) is 7.05 Å². The molecule has 0 amide bonds. The van der Waals surface area contributed by atoms with Crippen LogP contribution in [0.4, 0.5) is 24.9 Å². The minimum atomic E-state index is -4.51. The molecule has 2 heterocycles. The minimum Gasteiger partial charge on any atom is -0.370 e. The van der Waals surface area contributed by atoms with Gasteiger partial charge < -0.3 is 10.6 Å². The van der Waals surface area contributed by atoms with Crippen molar-refractivity contribution in [3.8, 4) is 0 Å². The van der Waals surface area contributed by atoms with Crippen LogP contribution in [-0.2, 0) is 12.6 Å². The number of hydrogen-bond acceptors (Lipinski definition) is 5. The van der Waals surface area contributed by atoms with E-state index in [2.05, 4.69) is 25.6 Å². The summed E-state index contributed by atoms with van der Waals surface area (Å²) in [5.74, 6) is 0.0442. The lowest BCUT2D eigenvalue weighted by Crippen LogP contribution is -2.14. The van der Waals surface area contributed by atoms with Crippen LogP contribution < -0.4 is 10.6 Å². The van der Waals surface area contributed by atoms with Crippen molar-refractivity contribution in [2.24, 2.45) is 0 Å². The average molecular weight is 297 g/mol. The molecule has 2 N–H and O–H groups in total. The molecule has 0 aliphatic heterocycles. The smallest absolute Gasteiger partial charge is 0.370 e. The van der Waals surface area contributed by atoms with Gasteiger partial charge in [-0.1, -0.05) is 6.07 Å². The third-order valence-electron chi connectivity index (χ3n) is 2.65. The molecule has 0 saturated carbocycles. The van der Waals surface area contributed by atoms with Crippen LogP contribution >= 0.6 is 0 Å². The maximum Gasteiger partial charge on any atom is 0.433 e. The first-order chi connectivity index (χ1) is 9.99. The number of pyridine rings is 1. The molecule has 2 rings (SSSR count). The number of alkyl halides is 3. The zero-order valence-electron chi connectivity index (χ0n) is 11.3. The van der Waals surface area contributed by atoms with E-state index in [1.807, 2.05) is 12.1 Å². The fourth-order valence-corrected chi connectivity index (χ4v) is 1.66. The van der Waals surface area contributed by atoms with Crippen molar-refractivity contribution in [3.05, 3.63) is 41.9 Å². The Morgan fingerprint density at radius 3 is 2.62 bits per heavy atom. The Labute approximate surface area is 119 Å². The molecule has 0 bridgehead atoms. The van der Waals surface area contributed by atoms with Gasteiger partial charge >= 0.3 is 6.18 Å². The second kappa shape index (κ2) is 6.38. The van der Waals surface area contributed by atoms with E-state index in [0.29, 0.717) is 13.0 Å². The van der Waals surface area contributed by atoms with Crippen molar-refractivity contribution in [1.82, 2.24) is 15.0 Å². The number of halogens is 3. The van der Waals surface area contributed by atoms with Gasteiger partial charge in [0.1, 0.15) is 5.82 Å². The molecular formula is C13H14F3N5. The van der Waals surface area contributed by atoms with Crippen LogP contribution in [0.15, 0.2) is 30.5 Å². The fraction of sp³-hybridized carbons (Fsp3) is 0.308. The second-order valence-corrected chi connectivity index (χ2v) is 4.21. The van der Waals surface area contributed by atoms with Crippen LogP contribution in [0.1, 0.15) is 11.4 Å². The van der Waals surface area contributed by atoms with Crippen LogP contribution in [0, 0.1) is 0 Å². The van der Waals surface area contributed by atoms with Crippen molar-refractivity contribution in [1.29, 1.82) is 0 Å². The molecule has 0 aliphatic rings. The summed E-state index contributed by atoms with van der Waals surface area (Å²) < 4.78 is 38.1. The van der Waals surface area contributed by atoms with Gasteiger partial charge in [-0.05, 0) is 12.1 Å². The van der Waals surface area contributed by atoms with Gasteiger partial charge in [0.05, 0.1) is 0 Å². The minimum absolute atomic E-state index is 0.0786. The van der Waals surface area contributed by atoms with E-state index in [0.717, 1.165) is 11.8 Å². The molecule has 8 heteroatoms. The summed E-state index contributed by atoms with van der Waals surface area (Å²) in [6, 6.07) is 6.39. The maximum atomic E-state index is 12.7. The molecule has 2 aromatic heterocycles. The van der Waals surface area contributed by atoms with Gasteiger partial charge in [0, 0.05) is 38.0 Å². The van der Waals surface area contributed by atoms with Crippen molar-refractivity contribution in [2.45, 2.75) is 12.6 Å². The van der Waals surface area contributed by atoms with Gasteiger partial charge in [0.15, 0.2) is 5.69 Å². The fourth-order valence-electron chi connectivity index (χ4n) is 1.66. The number of nitrogens with zero attached hydrogens (tertiary/aromatic N) is 3. The van der Waals surface area contributed by atoms with Gasteiger partial charge in [0.25, 0.3) is 0 Å². The van der Waals surface area contributed by atoms with Crippen LogP contribution in [0.3, 0.4) is 0 Å². The van der Waals surface area contributed by atoms with Crippen LogP contribution in [0.5, 0.6) is 0 Å². The Bertz CT molecular complexity index is 586. The van der Waals surface area contributed by atoms with E-state index in [4.69, 9.17) is 0 Å². The van der Waals surface area contributed by atoms with Crippen LogP contribution in [0.2, 0.25) is 0 Å². The molecule has 0 saturated heterocycles. The molecule has 0 radical (unpaired) electrons.